The summed E-state index contributed by atoms with van der Waals surface area (Å²) in [5.74, 6) is -0.233. The molecule has 0 amide bonds. The first-order chi connectivity index (χ1) is 11.0. The lowest BCUT2D eigenvalue weighted by atomic mass is 10.2. The number of unbranched alkanes of at least 4 members (excludes halogenated alkanes) is 3. The van der Waals surface area contributed by atoms with E-state index in [9.17, 15) is 14.4 Å². The number of esters is 1. The van der Waals surface area contributed by atoms with Crippen LogP contribution in [0.1, 0.15) is 58.4 Å². The minimum absolute atomic E-state index is 0.0796. The van der Waals surface area contributed by atoms with Gasteiger partial charge in [-0.05, 0) is 32.1 Å². The van der Waals surface area contributed by atoms with E-state index in [2.05, 4.69) is 0 Å². The van der Waals surface area contributed by atoms with Gasteiger partial charge in [-0.15, -0.1) is 0 Å². The van der Waals surface area contributed by atoms with E-state index in [0.29, 0.717) is 13.2 Å². The molecule has 0 aliphatic heterocycles. The third kappa shape index (κ3) is 5.08. The van der Waals surface area contributed by atoms with Crippen LogP contribution < -0.4 is 11.2 Å². The van der Waals surface area contributed by atoms with Gasteiger partial charge in [-0.25, -0.2) is 4.79 Å². The summed E-state index contributed by atoms with van der Waals surface area (Å²) >= 11 is 0. The molecule has 0 bridgehead atoms. The van der Waals surface area contributed by atoms with Crippen LogP contribution in [0.5, 0.6) is 0 Å². The molecule has 6 nitrogen and oxygen atoms in total. The second-order valence-corrected chi connectivity index (χ2v) is 6.47. The Labute approximate surface area is 136 Å². The number of aryl methyl sites for hydroxylation is 1. The maximum Gasteiger partial charge on any atom is 0.331 e. The Kier molecular flexibility index (Phi) is 6.19. The predicted octanol–water partition coefficient (Wildman–Crippen LogP) is 2.10. The van der Waals surface area contributed by atoms with Crippen LogP contribution in [0.25, 0.3) is 0 Å². The van der Waals surface area contributed by atoms with Gasteiger partial charge in [0.05, 0.1) is 12.5 Å². The van der Waals surface area contributed by atoms with E-state index < -0.39 is 0 Å². The topological polar surface area (TPSA) is 70.3 Å². The van der Waals surface area contributed by atoms with Crippen LogP contribution in [0.4, 0.5) is 0 Å². The lowest BCUT2D eigenvalue weighted by Gasteiger charge is -2.09. The molecule has 0 radical (unpaired) electrons. The van der Waals surface area contributed by atoms with Gasteiger partial charge in [-0.2, -0.15) is 0 Å². The summed E-state index contributed by atoms with van der Waals surface area (Å²) in [6, 6.07) is 1.59. The van der Waals surface area contributed by atoms with Crippen molar-refractivity contribution in [2.45, 2.75) is 65.0 Å². The Hall–Kier alpha value is -1.85. The fraction of sp³-hybridized carbons (Fsp3) is 0.706. The van der Waals surface area contributed by atoms with E-state index in [0.717, 1.165) is 38.5 Å². The first kappa shape index (κ1) is 17.5. The Morgan fingerprint density at radius 3 is 2.57 bits per heavy atom. The standard InChI is InChI=1S/C17H26N2O4/c1-13(2)16(21)23-12-6-4-3-5-10-18-11-9-15(20)19(17(18)22)14-7-8-14/h9,11,13-14H,3-8,10,12H2,1-2H3. The van der Waals surface area contributed by atoms with E-state index in [1.165, 1.54) is 10.6 Å². The summed E-state index contributed by atoms with van der Waals surface area (Å²) in [5, 5.41) is 0. The van der Waals surface area contributed by atoms with Gasteiger partial charge in [0.1, 0.15) is 0 Å². The summed E-state index contributed by atoms with van der Waals surface area (Å²) < 4.78 is 8.12. The SMILES string of the molecule is CC(C)C(=O)OCCCCCCn1ccc(=O)n(C2CC2)c1=O. The average molecular weight is 322 g/mol. The van der Waals surface area contributed by atoms with Crippen molar-refractivity contribution in [3.8, 4) is 0 Å². The highest BCUT2D eigenvalue weighted by molar-refractivity contribution is 5.71. The van der Waals surface area contributed by atoms with E-state index in [-0.39, 0.29) is 29.2 Å². The van der Waals surface area contributed by atoms with E-state index in [1.54, 1.807) is 10.8 Å². The molecule has 0 spiro atoms. The van der Waals surface area contributed by atoms with Gasteiger partial charge in [0.15, 0.2) is 0 Å². The van der Waals surface area contributed by atoms with Gasteiger partial charge in [0.25, 0.3) is 5.56 Å². The number of rotatable bonds is 9. The molecule has 23 heavy (non-hydrogen) atoms. The predicted molar refractivity (Wildman–Crippen MR) is 87.5 cm³/mol. The minimum atomic E-state index is -0.194. The summed E-state index contributed by atoms with van der Waals surface area (Å²) in [7, 11) is 0. The molecule has 1 saturated carbocycles. The van der Waals surface area contributed by atoms with Crippen molar-refractivity contribution < 1.29 is 9.53 Å². The number of hydrogen-bond donors (Lipinski definition) is 0. The zero-order valence-electron chi connectivity index (χ0n) is 14.0. The number of carbonyl (C=O) groups excluding carboxylic acids is 1. The van der Waals surface area contributed by atoms with Crippen molar-refractivity contribution in [2.75, 3.05) is 6.61 Å². The van der Waals surface area contributed by atoms with Crippen LogP contribution in [0.3, 0.4) is 0 Å². The smallest absolute Gasteiger partial charge is 0.331 e. The monoisotopic (exact) mass is 322 g/mol. The van der Waals surface area contributed by atoms with Crippen molar-refractivity contribution in [3.05, 3.63) is 33.1 Å². The van der Waals surface area contributed by atoms with E-state index in [4.69, 9.17) is 4.74 Å². The molecule has 1 aromatic heterocycles. The minimum Gasteiger partial charge on any atom is -0.465 e. The van der Waals surface area contributed by atoms with Crippen molar-refractivity contribution >= 4 is 5.97 Å². The molecule has 1 aromatic rings. The number of ether oxygens (including phenoxy) is 1. The van der Waals surface area contributed by atoms with Crippen molar-refractivity contribution in [1.29, 1.82) is 0 Å². The molecule has 0 saturated heterocycles. The van der Waals surface area contributed by atoms with Gasteiger partial charge in [0, 0.05) is 24.8 Å². The highest BCUT2D eigenvalue weighted by atomic mass is 16.5. The molecule has 0 unspecified atom stereocenters. The normalized spacial score (nSPS) is 14.2. The summed E-state index contributed by atoms with van der Waals surface area (Å²) in [6.07, 6.45) is 7.09. The summed E-state index contributed by atoms with van der Waals surface area (Å²) in [5.41, 5.74) is -0.383. The van der Waals surface area contributed by atoms with Crippen LogP contribution in [0, 0.1) is 5.92 Å². The maximum absolute atomic E-state index is 12.2. The molecule has 1 aliphatic carbocycles. The maximum atomic E-state index is 12.2. The Balaban J connectivity index is 1.69. The van der Waals surface area contributed by atoms with Crippen LogP contribution in [-0.2, 0) is 16.1 Å². The number of hydrogen-bond acceptors (Lipinski definition) is 4. The van der Waals surface area contributed by atoms with Crippen molar-refractivity contribution in [1.82, 2.24) is 9.13 Å². The zero-order chi connectivity index (χ0) is 16.8. The first-order valence-electron chi connectivity index (χ1n) is 8.49. The van der Waals surface area contributed by atoms with Crippen molar-refractivity contribution in [2.24, 2.45) is 5.92 Å². The highest BCUT2D eigenvalue weighted by Gasteiger charge is 2.26. The van der Waals surface area contributed by atoms with Crippen LogP contribution in [-0.4, -0.2) is 21.7 Å². The third-order valence-corrected chi connectivity index (χ3v) is 4.01. The van der Waals surface area contributed by atoms with Crippen molar-refractivity contribution in [3.63, 3.8) is 0 Å². The lowest BCUT2D eigenvalue weighted by Crippen LogP contribution is -2.38. The van der Waals surface area contributed by atoms with Gasteiger partial charge in [0.2, 0.25) is 0 Å². The quantitative estimate of drug-likeness (QED) is 0.516. The molecule has 1 aliphatic rings. The summed E-state index contributed by atoms with van der Waals surface area (Å²) in [6.45, 7) is 4.73. The van der Waals surface area contributed by atoms with Gasteiger partial charge >= 0.3 is 11.7 Å². The molecule has 2 rings (SSSR count). The van der Waals surface area contributed by atoms with Crippen LogP contribution in [0.2, 0.25) is 0 Å². The summed E-state index contributed by atoms with van der Waals surface area (Å²) in [4.78, 5) is 35.3. The highest BCUT2D eigenvalue weighted by Crippen LogP contribution is 2.31. The lowest BCUT2D eigenvalue weighted by molar-refractivity contribution is -0.147. The Morgan fingerprint density at radius 2 is 1.91 bits per heavy atom. The Bertz CT molecular complexity index is 641. The molecular formula is C17H26N2O4. The number of carbonyl (C=O) groups is 1. The largest absolute Gasteiger partial charge is 0.465 e. The van der Waals surface area contributed by atoms with Crippen LogP contribution in [0.15, 0.2) is 21.9 Å². The van der Waals surface area contributed by atoms with E-state index >= 15 is 0 Å². The van der Waals surface area contributed by atoms with E-state index in [1.807, 2.05) is 13.8 Å². The molecule has 0 aromatic carbocycles. The van der Waals surface area contributed by atoms with Gasteiger partial charge in [-0.3, -0.25) is 14.2 Å². The second-order valence-electron chi connectivity index (χ2n) is 6.47. The average Bonchev–Trinajstić information content (AvgIpc) is 3.32. The second kappa shape index (κ2) is 8.13. The molecule has 1 fully saturated rings. The molecular weight excluding hydrogens is 296 g/mol. The number of aromatic nitrogens is 2. The Morgan fingerprint density at radius 1 is 1.22 bits per heavy atom. The fourth-order valence-corrected chi connectivity index (χ4v) is 2.45. The molecule has 0 N–H and O–H groups in total. The molecule has 6 heteroatoms. The van der Waals surface area contributed by atoms with Crippen LogP contribution >= 0.6 is 0 Å². The molecule has 128 valence electrons. The zero-order valence-corrected chi connectivity index (χ0v) is 14.0. The first-order valence-corrected chi connectivity index (χ1v) is 8.49. The fourth-order valence-electron chi connectivity index (χ4n) is 2.45. The number of nitrogens with zero attached hydrogens (tertiary/aromatic N) is 2. The van der Waals surface area contributed by atoms with Gasteiger partial charge in [-0.1, -0.05) is 20.3 Å². The molecule has 0 atom stereocenters. The van der Waals surface area contributed by atoms with Gasteiger partial charge < -0.3 is 9.30 Å². The third-order valence-electron chi connectivity index (χ3n) is 4.01. The molecule has 1 heterocycles.